The summed E-state index contributed by atoms with van der Waals surface area (Å²) >= 11 is 0. The number of nitriles is 1. The molecule has 4 aromatic rings. The molecule has 0 aliphatic heterocycles. The molecule has 0 aliphatic carbocycles. The zero-order chi connectivity index (χ0) is 21.4. The Morgan fingerprint density at radius 2 is 2.07 bits per heavy atom. The highest BCUT2D eigenvalue weighted by Gasteiger charge is 2.21. The summed E-state index contributed by atoms with van der Waals surface area (Å²) in [6.07, 6.45) is 1.47. The Kier molecular flexibility index (Phi) is 4.47. The maximum absolute atomic E-state index is 13.7. The number of nitrogen functional groups attached to an aromatic ring is 2. The van der Waals surface area contributed by atoms with Crippen molar-refractivity contribution in [3.8, 4) is 11.9 Å². The minimum Gasteiger partial charge on any atom is -0.382 e. The molecule has 30 heavy (non-hydrogen) atoms. The molecule has 0 saturated heterocycles. The smallest absolute Gasteiger partial charge is 0.267 e. The first-order chi connectivity index (χ1) is 14.4. The molecule has 0 fully saturated rings. The maximum Gasteiger partial charge on any atom is 0.267 e. The fourth-order valence-corrected chi connectivity index (χ4v) is 3.05. The van der Waals surface area contributed by atoms with Gasteiger partial charge in [0.15, 0.2) is 5.82 Å². The van der Waals surface area contributed by atoms with Gasteiger partial charge in [0.1, 0.15) is 34.9 Å². The average Bonchev–Trinajstić information content (AvgIpc) is 3.22. The molecule has 0 bridgehead atoms. The van der Waals surface area contributed by atoms with Crippen LogP contribution in [0.5, 0.6) is 0 Å². The van der Waals surface area contributed by atoms with Crippen LogP contribution in [0.4, 0.5) is 22.0 Å². The largest absolute Gasteiger partial charge is 0.382 e. The van der Waals surface area contributed by atoms with E-state index in [4.69, 9.17) is 11.5 Å². The van der Waals surface area contributed by atoms with Gasteiger partial charge in [0.25, 0.3) is 5.56 Å². The van der Waals surface area contributed by atoms with Crippen LogP contribution in [-0.2, 0) is 0 Å². The number of benzene rings is 1. The number of nitrogens with zero attached hydrogens (tertiary/aromatic N) is 6. The second-order valence-corrected chi connectivity index (χ2v) is 6.38. The summed E-state index contributed by atoms with van der Waals surface area (Å²) < 4.78 is 15.0. The van der Waals surface area contributed by atoms with Gasteiger partial charge in [0.2, 0.25) is 5.95 Å². The molecule has 1 aromatic carbocycles. The van der Waals surface area contributed by atoms with Gasteiger partial charge in [0, 0.05) is 6.07 Å². The number of nitrogens with one attached hydrogen (secondary N) is 2. The highest BCUT2D eigenvalue weighted by Crippen LogP contribution is 2.24. The second kappa shape index (κ2) is 7.13. The first kappa shape index (κ1) is 18.8. The highest BCUT2D eigenvalue weighted by atomic mass is 19.1. The van der Waals surface area contributed by atoms with Crippen molar-refractivity contribution in [2.75, 3.05) is 16.8 Å². The Morgan fingerprint density at radius 1 is 1.27 bits per heavy atom. The Hall–Kier alpha value is -4.53. The van der Waals surface area contributed by atoms with E-state index in [9.17, 15) is 14.4 Å². The van der Waals surface area contributed by atoms with Gasteiger partial charge in [-0.1, -0.05) is 0 Å². The third-order valence-electron chi connectivity index (χ3n) is 4.39. The van der Waals surface area contributed by atoms with Gasteiger partial charge in [-0.25, -0.2) is 13.9 Å². The van der Waals surface area contributed by atoms with E-state index in [1.165, 1.54) is 22.9 Å². The first-order valence-electron chi connectivity index (χ1n) is 8.70. The number of aromatic amines is 1. The normalized spacial score (nSPS) is 11.9. The molecule has 150 valence electrons. The molecular formula is C18H15FN10O. The Labute approximate surface area is 168 Å². The monoisotopic (exact) mass is 406 g/mol. The molecule has 4 rings (SSSR count). The van der Waals surface area contributed by atoms with E-state index in [0.717, 1.165) is 6.07 Å². The van der Waals surface area contributed by atoms with Crippen LogP contribution >= 0.6 is 0 Å². The molecule has 3 heterocycles. The van der Waals surface area contributed by atoms with E-state index in [1.807, 2.05) is 6.07 Å². The summed E-state index contributed by atoms with van der Waals surface area (Å²) in [6, 6.07) is 6.62. The van der Waals surface area contributed by atoms with Crippen LogP contribution in [0, 0.1) is 17.1 Å². The molecule has 1 atom stereocenters. The van der Waals surface area contributed by atoms with Crippen LogP contribution in [0.15, 0.2) is 35.3 Å². The van der Waals surface area contributed by atoms with Crippen molar-refractivity contribution < 1.29 is 4.39 Å². The number of hydrogen-bond acceptors (Lipinski definition) is 9. The quantitative estimate of drug-likeness (QED) is 0.388. The van der Waals surface area contributed by atoms with Crippen molar-refractivity contribution in [2.45, 2.75) is 13.0 Å². The molecule has 3 aromatic heterocycles. The summed E-state index contributed by atoms with van der Waals surface area (Å²) in [7, 11) is 0. The van der Waals surface area contributed by atoms with Gasteiger partial charge >= 0.3 is 0 Å². The van der Waals surface area contributed by atoms with Gasteiger partial charge in [-0.05, 0) is 25.1 Å². The number of halogens is 1. The lowest BCUT2D eigenvalue weighted by molar-refractivity contribution is 0.628. The SMILES string of the molecule is C[C@H](Nc1nc(N)nc(N)c1C#N)c1nc2ccc(F)cc2c(=O)n1-c1ccn[nH]1. The standard InChI is InChI=1S/C18H15FN10O/c1-8(24-15-11(7-20)14(21)26-18(22)27-15)16-25-12-3-2-9(19)6-10(12)17(30)29(16)13-4-5-23-28-13/h2-6,8H,1H3,(H,23,28)(H5,21,22,24,26,27)/t8-/m0/s1. The summed E-state index contributed by atoms with van der Waals surface area (Å²) in [5.74, 6) is -0.0454. The molecule has 12 heteroatoms. The minimum absolute atomic E-state index is 0.00866. The van der Waals surface area contributed by atoms with Crippen molar-refractivity contribution in [1.29, 1.82) is 5.26 Å². The highest BCUT2D eigenvalue weighted by molar-refractivity contribution is 5.78. The first-order valence-corrected chi connectivity index (χ1v) is 8.70. The third kappa shape index (κ3) is 3.14. The van der Waals surface area contributed by atoms with E-state index in [0.29, 0.717) is 11.3 Å². The van der Waals surface area contributed by atoms with Crippen molar-refractivity contribution in [3.05, 3.63) is 58.0 Å². The Balaban J connectivity index is 1.91. The number of anilines is 3. The Bertz CT molecular complexity index is 1360. The number of hydrogen-bond donors (Lipinski definition) is 4. The van der Waals surface area contributed by atoms with Crippen LogP contribution < -0.4 is 22.3 Å². The topological polar surface area (TPSA) is 177 Å². The second-order valence-electron chi connectivity index (χ2n) is 6.38. The molecular weight excluding hydrogens is 391 g/mol. The molecule has 0 spiro atoms. The summed E-state index contributed by atoms with van der Waals surface area (Å²) in [5, 5.41) is 19.1. The zero-order valence-corrected chi connectivity index (χ0v) is 15.6. The summed E-state index contributed by atoms with van der Waals surface area (Å²) in [4.78, 5) is 25.5. The average molecular weight is 406 g/mol. The fraction of sp³-hybridized carbons (Fsp3) is 0.111. The van der Waals surface area contributed by atoms with E-state index >= 15 is 0 Å². The van der Waals surface area contributed by atoms with Gasteiger partial charge in [-0.2, -0.15) is 20.3 Å². The molecule has 0 radical (unpaired) electrons. The van der Waals surface area contributed by atoms with Crippen molar-refractivity contribution in [2.24, 2.45) is 0 Å². The van der Waals surface area contributed by atoms with Gasteiger partial charge in [-0.15, -0.1) is 0 Å². The summed E-state index contributed by atoms with van der Waals surface area (Å²) in [6.45, 7) is 1.71. The number of rotatable bonds is 4. The lowest BCUT2D eigenvalue weighted by Gasteiger charge is -2.20. The molecule has 0 amide bonds. The number of fused-ring (bicyclic) bond motifs is 1. The maximum atomic E-state index is 13.7. The van der Waals surface area contributed by atoms with Gasteiger partial charge in [0.05, 0.1) is 23.1 Å². The van der Waals surface area contributed by atoms with Crippen LogP contribution in [0.2, 0.25) is 0 Å². The third-order valence-corrected chi connectivity index (χ3v) is 4.39. The molecule has 6 N–H and O–H groups in total. The lowest BCUT2D eigenvalue weighted by atomic mass is 10.2. The summed E-state index contributed by atoms with van der Waals surface area (Å²) in [5.41, 5.74) is 11.2. The predicted octanol–water partition coefficient (Wildman–Crippen LogP) is 1.25. The zero-order valence-electron chi connectivity index (χ0n) is 15.6. The molecule has 11 nitrogen and oxygen atoms in total. The number of nitrogens with two attached hydrogens (primary N) is 2. The number of aromatic nitrogens is 6. The van der Waals surface area contributed by atoms with Crippen LogP contribution in [0.25, 0.3) is 16.7 Å². The molecule has 0 aliphatic rings. The molecule has 0 unspecified atom stereocenters. The van der Waals surface area contributed by atoms with E-state index in [-0.39, 0.29) is 34.4 Å². The van der Waals surface area contributed by atoms with E-state index in [1.54, 1.807) is 13.0 Å². The van der Waals surface area contributed by atoms with Crippen LogP contribution in [0.1, 0.15) is 24.4 Å². The van der Waals surface area contributed by atoms with Crippen LogP contribution in [-0.4, -0.2) is 29.7 Å². The number of H-pyrrole nitrogens is 1. The Morgan fingerprint density at radius 3 is 2.77 bits per heavy atom. The molecule has 0 saturated carbocycles. The van der Waals surface area contributed by atoms with Gasteiger partial charge < -0.3 is 16.8 Å². The lowest BCUT2D eigenvalue weighted by Crippen LogP contribution is -2.28. The van der Waals surface area contributed by atoms with Crippen LogP contribution in [0.3, 0.4) is 0 Å². The van der Waals surface area contributed by atoms with E-state index < -0.39 is 17.4 Å². The van der Waals surface area contributed by atoms with E-state index in [2.05, 4.69) is 30.5 Å². The van der Waals surface area contributed by atoms with Crippen molar-refractivity contribution in [3.63, 3.8) is 0 Å². The fourth-order valence-electron chi connectivity index (χ4n) is 3.05. The van der Waals surface area contributed by atoms with Crippen molar-refractivity contribution >= 4 is 28.5 Å². The predicted molar refractivity (Wildman–Crippen MR) is 107 cm³/mol. The van der Waals surface area contributed by atoms with Gasteiger partial charge in [-0.3, -0.25) is 9.89 Å². The van der Waals surface area contributed by atoms with Crippen molar-refractivity contribution in [1.82, 2.24) is 29.7 Å². The minimum atomic E-state index is -0.642.